The number of hydrogen-bond donors (Lipinski definition) is 1. The number of carbonyl (C=O) groups excluding carboxylic acids is 2. The Kier molecular flexibility index (Phi) is 6.69. The Morgan fingerprint density at radius 2 is 1.94 bits per heavy atom. The van der Waals surface area contributed by atoms with Crippen molar-refractivity contribution >= 4 is 23.2 Å². The summed E-state index contributed by atoms with van der Waals surface area (Å²) in [5.74, 6) is -0.629. The van der Waals surface area contributed by atoms with Crippen LogP contribution >= 0.6 is 0 Å². The summed E-state index contributed by atoms with van der Waals surface area (Å²) < 4.78 is 55.5. The van der Waals surface area contributed by atoms with Crippen LogP contribution in [-0.4, -0.2) is 44.8 Å². The topological polar surface area (TPSA) is 77.1 Å². The molecular weight excluding hydrogens is 417 g/mol. The van der Waals surface area contributed by atoms with Crippen molar-refractivity contribution in [3.63, 3.8) is 0 Å². The minimum absolute atomic E-state index is 0.0537. The van der Waals surface area contributed by atoms with Crippen LogP contribution in [0.5, 0.6) is 11.5 Å². The summed E-state index contributed by atoms with van der Waals surface area (Å²) in [6.45, 7) is 1.56. The van der Waals surface area contributed by atoms with E-state index in [1.807, 2.05) is 0 Å². The monoisotopic (exact) mass is 438 g/mol. The third kappa shape index (κ3) is 5.26. The molecule has 2 aromatic rings. The van der Waals surface area contributed by atoms with Gasteiger partial charge in [0, 0.05) is 14.0 Å². The minimum atomic E-state index is -4.60. The van der Waals surface area contributed by atoms with Crippen molar-refractivity contribution in [2.45, 2.75) is 19.2 Å². The van der Waals surface area contributed by atoms with Crippen LogP contribution in [0.25, 0.3) is 0 Å². The number of ether oxygens (including phenoxy) is 3. The summed E-state index contributed by atoms with van der Waals surface area (Å²) in [7, 11) is 1.46. The Balaban J connectivity index is 1.85. The van der Waals surface area contributed by atoms with E-state index in [1.54, 1.807) is 24.3 Å². The zero-order chi connectivity index (χ0) is 22.6. The van der Waals surface area contributed by atoms with E-state index in [2.05, 4.69) is 5.32 Å². The largest absolute Gasteiger partial charge is 0.489 e. The first-order chi connectivity index (χ1) is 14.7. The van der Waals surface area contributed by atoms with Crippen molar-refractivity contribution < 1.29 is 37.0 Å². The number of methoxy groups -OCH3 is 1. The zero-order valence-electron chi connectivity index (χ0n) is 16.9. The molecule has 1 atom stereocenters. The highest BCUT2D eigenvalue weighted by molar-refractivity contribution is 6.00. The molecule has 0 spiro atoms. The molecule has 0 saturated heterocycles. The number of nitrogens with one attached hydrogen (secondary N) is 1. The van der Waals surface area contributed by atoms with E-state index in [1.165, 1.54) is 18.9 Å². The maximum absolute atomic E-state index is 13.2. The Bertz CT molecular complexity index is 964. The molecule has 2 amide bonds. The molecule has 1 aliphatic rings. The number of nitrogens with zero attached hydrogens (tertiary/aromatic N) is 1. The molecule has 1 heterocycles. The molecule has 7 nitrogen and oxygen atoms in total. The Hall–Kier alpha value is -3.27. The van der Waals surface area contributed by atoms with Crippen LogP contribution in [0.15, 0.2) is 42.5 Å². The number of halogens is 3. The Morgan fingerprint density at radius 1 is 1.19 bits per heavy atom. The predicted octanol–water partition coefficient (Wildman–Crippen LogP) is 3.48. The van der Waals surface area contributed by atoms with Crippen LogP contribution in [0, 0.1) is 0 Å². The van der Waals surface area contributed by atoms with E-state index in [0.29, 0.717) is 11.4 Å². The molecule has 2 aromatic carbocycles. The van der Waals surface area contributed by atoms with E-state index in [-0.39, 0.29) is 37.1 Å². The van der Waals surface area contributed by atoms with Gasteiger partial charge in [-0.25, -0.2) is 0 Å². The van der Waals surface area contributed by atoms with Gasteiger partial charge in [-0.1, -0.05) is 12.1 Å². The van der Waals surface area contributed by atoms with Gasteiger partial charge in [-0.2, -0.15) is 13.2 Å². The summed E-state index contributed by atoms with van der Waals surface area (Å²) in [6.07, 6.45) is -5.73. The third-order valence-electron chi connectivity index (χ3n) is 4.56. The van der Waals surface area contributed by atoms with Crippen LogP contribution < -0.4 is 19.7 Å². The molecule has 10 heteroatoms. The first-order valence-electron chi connectivity index (χ1n) is 9.38. The van der Waals surface area contributed by atoms with Crippen molar-refractivity contribution in [3.8, 4) is 11.5 Å². The molecule has 1 aliphatic heterocycles. The highest BCUT2D eigenvalue weighted by Gasteiger charge is 2.34. The molecule has 0 aromatic heterocycles. The molecule has 0 bridgehead atoms. The molecule has 3 rings (SSSR count). The fourth-order valence-electron chi connectivity index (χ4n) is 3.05. The maximum Gasteiger partial charge on any atom is 0.416 e. The maximum atomic E-state index is 13.2. The summed E-state index contributed by atoms with van der Waals surface area (Å²) in [4.78, 5) is 26.3. The molecule has 0 fully saturated rings. The quantitative estimate of drug-likeness (QED) is 0.699. The predicted molar refractivity (Wildman–Crippen MR) is 106 cm³/mol. The number of hydrogen-bond acceptors (Lipinski definition) is 5. The van der Waals surface area contributed by atoms with Gasteiger partial charge in [-0.3, -0.25) is 9.59 Å². The van der Waals surface area contributed by atoms with Gasteiger partial charge in [0.15, 0.2) is 6.10 Å². The van der Waals surface area contributed by atoms with Crippen LogP contribution in [0.2, 0.25) is 0 Å². The summed E-state index contributed by atoms with van der Waals surface area (Å²) in [5.41, 5.74) is -0.586. The normalized spacial score (nSPS) is 15.6. The molecule has 1 N–H and O–H groups in total. The molecule has 0 radical (unpaired) electrons. The average molecular weight is 438 g/mol. The number of alkyl halides is 3. The van der Waals surface area contributed by atoms with E-state index < -0.39 is 23.8 Å². The van der Waals surface area contributed by atoms with Gasteiger partial charge in [0.25, 0.3) is 5.91 Å². The van der Waals surface area contributed by atoms with Crippen LogP contribution in [-0.2, 0) is 20.5 Å². The molecule has 31 heavy (non-hydrogen) atoms. The fourth-order valence-corrected chi connectivity index (χ4v) is 3.05. The summed E-state index contributed by atoms with van der Waals surface area (Å²) >= 11 is 0. The summed E-state index contributed by atoms with van der Waals surface area (Å²) in [6, 6.07) is 9.49. The van der Waals surface area contributed by atoms with E-state index in [0.717, 1.165) is 18.2 Å². The SMILES string of the molecule is COCCOc1ccc(C(F)(F)F)cc1NC(=O)[C@@H]1CN(C(C)=O)c2ccccc2O1. The van der Waals surface area contributed by atoms with Crippen molar-refractivity contribution in [3.05, 3.63) is 48.0 Å². The molecule has 0 saturated carbocycles. The van der Waals surface area contributed by atoms with Gasteiger partial charge in [0.05, 0.1) is 30.1 Å². The number of carbonyl (C=O) groups is 2. The lowest BCUT2D eigenvalue weighted by Gasteiger charge is -2.33. The second kappa shape index (κ2) is 9.25. The van der Waals surface area contributed by atoms with Crippen molar-refractivity contribution in [2.75, 3.05) is 37.1 Å². The highest BCUT2D eigenvalue weighted by atomic mass is 19.4. The minimum Gasteiger partial charge on any atom is -0.489 e. The van der Waals surface area contributed by atoms with Gasteiger partial charge in [0.2, 0.25) is 5.91 Å². The zero-order valence-corrected chi connectivity index (χ0v) is 16.9. The van der Waals surface area contributed by atoms with Gasteiger partial charge in [-0.05, 0) is 30.3 Å². The number of para-hydroxylation sites is 2. The van der Waals surface area contributed by atoms with Crippen molar-refractivity contribution in [2.24, 2.45) is 0 Å². The van der Waals surface area contributed by atoms with Crippen LogP contribution in [0.4, 0.5) is 24.5 Å². The first-order valence-corrected chi connectivity index (χ1v) is 9.38. The van der Waals surface area contributed by atoms with E-state index >= 15 is 0 Å². The lowest BCUT2D eigenvalue weighted by molar-refractivity contribution is -0.137. The van der Waals surface area contributed by atoms with Gasteiger partial charge in [0.1, 0.15) is 18.1 Å². The smallest absolute Gasteiger partial charge is 0.416 e. The average Bonchev–Trinajstić information content (AvgIpc) is 2.73. The number of anilines is 2. The molecule has 0 unspecified atom stereocenters. The lowest BCUT2D eigenvalue weighted by atomic mass is 10.1. The summed E-state index contributed by atoms with van der Waals surface area (Å²) in [5, 5.41) is 2.44. The van der Waals surface area contributed by atoms with Crippen molar-refractivity contribution in [1.82, 2.24) is 0 Å². The Morgan fingerprint density at radius 3 is 2.61 bits per heavy atom. The van der Waals surface area contributed by atoms with Gasteiger partial charge in [-0.15, -0.1) is 0 Å². The molecule has 0 aliphatic carbocycles. The second-order valence-electron chi connectivity index (χ2n) is 6.74. The van der Waals surface area contributed by atoms with Gasteiger partial charge < -0.3 is 24.4 Å². The van der Waals surface area contributed by atoms with Crippen molar-refractivity contribution in [1.29, 1.82) is 0 Å². The number of amides is 2. The Labute approximate surface area is 176 Å². The highest BCUT2D eigenvalue weighted by Crippen LogP contribution is 2.36. The number of rotatable bonds is 6. The number of benzene rings is 2. The van der Waals surface area contributed by atoms with E-state index in [4.69, 9.17) is 14.2 Å². The number of fused-ring (bicyclic) bond motifs is 1. The van der Waals surface area contributed by atoms with E-state index in [9.17, 15) is 22.8 Å². The molecular formula is C21H21F3N2O5. The standard InChI is InChI=1S/C21H21F3N2O5/c1-13(27)26-12-19(31-18-6-4-3-5-16(18)26)20(28)25-15-11-14(21(22,23)24)7-8-17(15)30-10-9-29-2/h3-8,11,19H,9-10,12H2,1-2H3,(H,25,28)/t19-/m0/s1. The lowest BCUT2D eigenvalue weighted by Crippen LogP contribution is -2.48. The second-order valence-corrected chi connectivity index (χ2v) is 6.74. The fraction of sp³-hybridized carbons (Fsp3) is 0.333. The molecule has 166 valence electrons. The van der Waals surface area contributed by atoms with Crippen LogP contribution in [0.3, 0.4) is 0 Å². The van der Waals surface area contributed by atoms with Crippen LogP contribution in [0.1, 0.15) is 12.5 Å². The van der Waals surface area contributed by atoms with Gasteiger partial charge >= 0.3 is 6.18 Å². The third-order valence-corrected chi connectivity index (χ3v) is 4.56. The first kappa shape index (κ1) is 22.4.